The molecule has 1 aromatic heterocycles. The highest BCUT2D eigenvalue weighted by Gasteiger charge is 2.14. The van der Waals surface area contributed by atoms with Crippen molar-refractivity contribution in [2.45, 2.75) is 6.54 Å². The molecule has 5 nitrogen and oxygen atoms in total. The Balaban J connectivity index is 2.20. The summed E-state index contributed by atoms with van der Waals surface area (Å²) >= 11 is 0. The first-order valence-electron chi connectivity index (χ1n) is 6.54. The standard InChI is InChI=1S/C16H13N5/c17-10-12-5-4-6-13(9-12)16-20-19-15(11-18)21(16)14-7-2-1-3-8-14/h1-9H,11,18H2. The van der Waals surface area contributed by atoms with Gasteiger partial charge < -0.3 is 5.73 Å². The van der Waals surface area contributed by atoms with Crippen LogP contribution in [0.15, 0.2) is 54.6 Å². The first-order valence-corrected chi connectivity index (χ1v) is 6.54. The molecule has 0 radical (unpaired) electrons. The summed E-state index contributed by atoms with van der Waals surface area (Å²) in [5, 5.41) is 17.4. The Morgan fingerprint density at radius 2 is 1.86 bits per heavy atom. The summed E-state index contributed by atoms with van der Waals surface area (Å²) in [6.07, 6.45) is 0. The third kappa shape index (κ3) is 2.40. The minimum atomic E-state index is 0.292. The number of nitrogens with zero attached hydrogens (tertiary/aromatic N) is 4. The molecule has 0 unspecified atom stereocenters. The second kappa shape index (κ2) is 5.57. The number of para-hydroxylation sites is 1. The average Bonchev–Trinajstić information content (AvgIpc) is 2.99. The normalized spacial score (nSPS) is 10.3. The molecule has 0 spiro atoms. The van der Waals surface area contributed by atoms with Crippen LogP contribution in [0.2, 0.25) is 0 Å². The molecule has 0 aliphatic carbocycles. The van der Waals surface area contributed by atoms with Gasteiger partial charge in [-0.05, 0) is 24.3 Å². The molecular formula is C16H13N5. The molecule has 0 bridgehead atoms. The molecule has 0 saturated carbocycles. The van der Waals surface area contributed by atoms with Gasteiger partial charge in [-0.1, -0.05) is 30.3 Å². The molecule has 0 aliphatic rings. The number of nitrogens with two attached hydrogens (primary N) is 1. The molecule has 0 amide bonds. The summed E-state index contributed by atoms with van der Waals surface area (Å²) in [5.41, 5.74) is 8.13. The fourth-order valence-electron chi connectivity index (χ4n) is 2.21. The minimum Gasteiger partial charge on any atom is -0.324 e. The highest BCUT2D eigenvalue weighted by Crippen LogP contribution is 2.23. The molecule has 3 aromatic rings. The minimum absolute atomic E-state index is 0.292. The quantitative estimate of drug-likeness (QED) is 0.795. The fraction of sp³-hybridized carbons (Fsp3) is 0.0625. The molecule has 0 aliphatic heterocycles. The zero-order valence-electron chi connectivity index (χ0n) is 11.3. The Kier molecular flexibility index (Phi) is 3.46. The molecule has 102 valence electrons. The first-order chi connectivity index (χ1) is 10.3. The van der Waals surface area contributed by atoms with E-state index in [-0.39, 0.29) is 0 Å². The van der Waals surface area contributed by atoms with Crippen LogP contribution in [0.3, 0.4) is 0 Å². The van der Waals surface area contributed by atoms with Crippen LogP contribution in [0.1, 0.15) is 11.4 Å². The van der Waals surface area contributed by atoms with Crippen LogP contribution in [0, 0.1) is 11.3 Å². The van der Waals surface area contributed by atoms with Gasteiger partial charge in [0, 0.05) is 11.3 Å². The molecule has 5 heteroatoms. The van der Waals surface area contributed by atoms with E-state index in [9.17, 15) is 0 Å². The van der Waals surface area contributed by atoms with Crippen LogP contribution in [0.25, 0.3) is 17.1 Å². The van der Waals surface area contributed by atoms with Crippen molar-refractivity contribution in [1.29, 1.82) is 5.26 Å². The molecule has 2 aromatic carbocycles. The highest BCUT2D eigenvalue weighted by molar-refractivity contribution is 5.61. The molecule has 0 saturated heterocycles. The van der Waals surface area contributed by atoms with Gasteiger partial charge in [0.15, 0.2) is 11.6 Å². The van der Waals surface area contributed by atoms with Crippen LogP contribution in [0.4, 0.5) is 0 Å². The van der Waals surface area contributed by atoms with Crippen LogP contribution in [-0.4, -0.2) is 14.8 Å². The third-order valence-electron chi connectivity index (χ3n) is 3.18. The van der Waals surface area contributed by atoms with Gasteiger partial charge in [-0.2, -0.15) is 5.26 Å². The summed E-state index contributed by atoms with van der Waals surface area (Å²) in [5.74, 6) is 1.36. The lowest BCUT2D eigenvalue weighted by atomic mass is 10.1. The maximum Gasteiger partial charge on any atom is 0.168 e. The second-order valence-electron chi connectivity index (χ2n) is 4.51. The van der Waals surface area contributed by atoms with E-state index in [0.717, 1.165) is 11.3 Å². The van der Waals surface area contributed by atoms with Crippen LogP contribution in [-0.2, 0) is 6.54 Å². The van der Waals surface area contributed by atoms with Crippen molar-refractivity contribution in [2.24, 2.45) is 5.73 Å². The van der Waals surface area contributed by atoms with Crippen molar-refractivity contribution in [3.63, 3.8) is 0 Å². The molecule has 3 rings (SSSR count). The zero-order chi connectivity index (χ0) is 14.7. The Morgan fingerprint density at radius 1 is 1.05 bits per heavy atom. The van der Waals surface area contributed by atoms with E-state index in [0.29, 0.717) is 23.8 Å². The van der Waals surface area contributed by atoms with Gasteiger partial charge in [-0.25, -0.2) is 0 Å². The van der Waals surface area contributed by atoms with Crippen molar-refractivity contribution < 1.29 is 0 Å². The smallest absolute Gasteiger partial charge is 0.168 e. The van der Waals surface area contributed by atoms with Gasteiger partial charge in [0.1, 0.15) is 0 Å². The number of aromatic nitrogens is 3. The number of rotatable bonds is 3. The number of benzene rings is 2. The van der Waals surface area contributed by atoms with E-state index in [1.54, 1.807) is 12.1 Å². The number of hydrogen-bond acceptors (Lipinski definition) is 4. The summed E-state index contributed by atoms with van der Waals surface area (Å²) < 4.78 is 1.91. The average molecular weight is 275 g/mol. The van der Waals surface area contributed by atoms with Crippen LogP contribution >= 0.6 is 0 Å². The van der Waals surface area contributed by atoms with E-state index >= 15 is 0 Å². The number of hydrogen-bond donors (Lipinski definition) is 1. The van der Waals surface area contributed by atoms with Gasteiger partial charge in [0.05, 0.1) is 18.2 Å². The highest BCUT2D eigenvalue weighted by atomic mass is 15.3. The largest absolute Gasteiger partial charge is 0.324 e. The van der Waals surface area contributed by atoms with Gasteiger partial charge in [-0.3, -0.25) is 4.57 Å². The number of nitriles is 1. The Bertz CT molecular complexity index is 799. The molecule has 0 atom stereocenters. The second-order valence-corrected chi connectivity index (χ2v) is 4.51. The predicted octanol–water partition coefficient (Wildman–Crippen LogP) is 2.26. The lowest BCUT2D eigenvalue weighted by Gasteiger charge is -2.09. The maximum absolute atomic E-state index is 9.03. The Morgan fingerprint density at radius 3 is 2.57 bits per heavy atom. The lowest BCUT2D eigenvalue weighted by molar-refractivity contribution is 0.861. The predicted molar refractivity (Wildman–Crippen MR) is 79.4 cm³/mol. The lowest BCUT2D eigenvalue weighted by Crippen LogP contribution is -2.07. The van der Waals surface area contributed by atoms with E-state index < -0.39 is 0 Å². The van der Waals surface area contributed by atoms with E-state index in [1.165, 1.54) is 0 Å². The fourth-order valence-corrected chi connectivity index (χ4v) is 2.21. The van der Waals surface area contributed by atoms with E-state index in [1.807, 2.05) is 47.0 Å². The molecule has 1 heterocycles. The van der Waals surface area contributed by atoms with Gasteiger partial charge in [0.2, 0.25) is 0 Å². The molecule has 21 heavy (non-hydrogen) atoms. The monoisotopic (exact) mass is 275 g/mol. The SMILES string of the molecule is N#Cc1cccc(-c2nnc(CN)n2-c2ccccc2)c1. The topological polar surface area (TPSA) is 80.5 Å². The Labute approximate surface area is 122 Å². The summed E-state index contributed by atoms with van der Waals surface area (Å²) in [6, 6.07) is 19.2. The maximum atomic E-state index is 9.03. The third-order valence-corrected chi connectivity index (χ3v) is 3.18. The zero-order valence-corrected chi connectivity index (χ0v) is 11.3. The van der Waals surface area contributed by atoms with Crippen molar-refractivity contribution in [3.8, 4) is 23.1 Å². The first kappa shape index (κ1) is 13.0. The van der Waals surface area contributed by atoms with Gasteiger partial charge in [0.25, 0.3) is 0 Å². The molecule has 2 N–H and O–H groups in total. The van der Waals surface area contributed by atoms with E-state index in [2.05, 4.69) is 16.3 Å². The van der Waals surface area contributed by atoms with Crippen LogP contribution < -0.4 is 5.73 Å². The van der Waals surface area contributed by atoms with Crippen molar-refractivity contribution in [3.05, 3.63) is 66.0 Å². The van der Waals surface area contributed by atoms with Gasteiger partial charge >= 0.3 is 0 Å². The van der Waals surface area contributed by atoms with Crippen molar-refractivity contribution in [1.82, 2.24) is 14.8 Å². The van der Waals surface area contributed by atoms with Gasteiger partial charge in [-0.15, -0.1) is 10.2 Å². The summed E-state index contributed by atoms with van der Waals surface area (Å²) in [7, 11) is 0. The Hall–Kier alpha value is -2.97. The molecule has 0 fully saturated rings. The van der Waals surface area contributed by atoms with Crippen molar-refractivity contribution >= 4 is 0 Å². The summed E-state index contributed by atoms with van der Waals surface area (Å²) in [4.78, 5) is 0. The summed E-state index contributed by atoms with van der Waals surface area (Å²) in [6.45, 7) is 0.292. The van der Waals surface area contributed by atoms with Crippen molar-refractivity contribution in [2.75, 3.05) is 0 Å². The van der Waals surface area contributed by atoms with E-state index in [4.69, 9.17) is 11.0 Å². The van der Waals surface area contributed by atoms with Crippen LogP contribution in [0.5, 0.6) is 0 Å². The molecular weight excluding hydrogens is 262 g/mol.